The molecule has 5 nitrogen and oxygen atoms in total. The molecule has 0 saturated carbocycles. The molecule has 1 heterocycles. The maximum Gasteiger partial charge on any atom is 0.356 e. The van der Waals surface area contributed by atoms with Crippen LogP contribution in [0.25, 0.3) is 0 Å². The highest BCUT2D eigenvalue weighted by atomic mass is 16.4. The summed E-state index contributed by atoms with van der Waals surface area (Å²) in [5.74, 6) is -1.34. The van der Waals surface area contributed by atoms with Gasteiger partial charge in [-0.05, 0) is 6.92 Å². The second-order valence-electron chi connectivity index (χ2n) is 1.85. The number of carboxylic acids is 1. The van der Waals surface area contributed by atoms with Crippen LogP contribution in [0, 0.1) is 6.92 Å². The molecule has 0 aliphatic heterocycles. The molecule has 0 radical (unpaired) electrons. The molecule has 10 heavy (non-hydrogen) atoms. The topological polar surface area (TPSA) is 86.2 Å². The van der Waals surface area contributed by atoms with Crippen LogP contribution >= 0.6 is 0 Å². The van der Waals surface area contributed by atoms with Crippen LogP contribution in [-0.2, 0) is 0 Å². The molecule has 0 aliphatic rings. The molecule has 0 spiro atoms. The van der Waals surface area contributed by atoms with Crippen LogP contribution in [0.15, 0.2) is 0 Å². The van der Waals surface area contributed by atoms with E-state index in [1.165, 1.54) is 6.92 Å². The quantitative estimate of drug-likeness (QED) is 0.519. The summed E-state index contributed by atoms with van der Waals surface area (Å²) in [4.78, 5) is 10.2. The molecule has 3 N–H and O–H groups in total. The molecule has 5 heteroatoms. The van der Waals surface area contributed by atoms with Crippen molar-refractivity contribution in [3.8, 4) is 5.88 Å². The van der Waals surface area contributed by atoms with Crippen molar-refractivity contribution in [2.24, 2.45) is 0 Å². The lowest BCUT2D eigenvalue weighted by Gasteiger charge is -1.86. The number of aromatic carboxylic acids is 1. The van der Waals surface area contributed by atoms with Crippen LogP contribution in [0.1, 0.15) is 16.1 Å². The molecular formula is C5H6N2O3. The Bertz CT molecular complexity index is 266. The van der Waals surface area contributed by atoms with Gasteiger partial charge in [-0.1, -0.05) is 0 Å². The summed E-state index contributed by atoms with van der Waals surface area (Å²) in [6.45, 7) is 1.47. The molecule has 1 aromatic rings. The van der Waals surface area contributed by atoms with Crippen LogP contribution in [-0.4, -0.2) is 26.4 Å². The lowest BCUT2D eigenvalue weighted by atomic mass is 10.3. The zero-order valence-electron chi connectivity index (χ0n) is 5.25. The zero-order valence-corrected chi connectivity index (χ0v) is 5.25. The number of carboxylic acid groups (broad SMARTS) is 1. The van der Waals surface area contributed by atoms with Gasteiger partial charge in [0.05, 0.1) is 0 Å². The summed E-state index contributed by atoms with van der Waals surface area (Å²) in [7, 11) is 0. The van der Waals surface area contributed by atoms with Crippen LogP contribution in [0.2, 0.25) is 0 Å². The largest absolute Gasteiger partial charge is 0.493 e. The van der Waals surface area contributed by atoms with Gasteiger partial charge in [-0.25, -0.2) is 9.89 Å². The van der Waals surface area contributed by atoms with Gasteiger partial charge in [-0.2, -0.15) is 5.10 Å². The molecule has 0 saturated heterocycles. The van der Waals surface area contributed by atoms with Crippen molar-refractivity contribution in [3.63, 3.8) is 0 Å². The molecule has 0 fully saturated rings. The highest BCUT2D eigenvalue weighted by Crippen LogP contribution is 2.14. The fourth-order valence-electron chi connectivity index (χ4n) is 0.597. The van der Waals surface area contributed by atoms with E-state index in [0.29, 0.717) is 0 Å². The summed E-state index contributed by atoms with van der Waals surface area (Å²) >= 11 is 0. The van der Waals surface area contributed by atoms with Crippen molar-refractivity contribution in [1.82, 2.24) is 10.2 Å². The Kier molecular flexibility index (Phi) is 1.33. The maximum absolute atomic E-state index is 10.2. The normalized spacial score (nSPS) is 9.70. The number of aromatic hydroxyl groups is 1. The minimum Gasteiger partial charge on any atom is -0.493 e. The second-order valence-corrected chi connectivity index (χ2v) is 1.85. The van der Waals surface area contributed by atoms with Crippen molar-refractivity contribution < 1.29 is 15.0 Å². The SMILES string of the molecule is Cc1c(C(=O)O)n[nH]c1O. The molecule has 0 bridgehead atoms. The van der Waals surface area contributed by atoms with Crippen molar-refractivity contribution in [2.45, 2.75) is 6.92 Å². The summed E-state index contributed by atoms with van der Waals surface area (Å²) in [6, 6.07) is 0. The molecule has 0 aliphatic carbocycles. The van der Waals surface area contributed by atoms with Gasteiger partial charge in [0.15, 0.2) is 5.69 Å². The van der Waals surface area contributed by atoms with E-state index in [-0.39, 0.29) is 17.1 Å². The van der Waals surface area contributed by atoms with Gasteiger partial charge < -0.3 is 10.2 Å². The zero-order chi connectivity index (χ0) is 7.72. The summed E-state index contributed by atoms with van der Waals surface area (Å²) in [6.07, 6.45) is 0. The number of nitrogens with one attached hydrogen (secondary N) is 1. The first-order chi connectivity index (χ1) is 4.63. The van der Waals surface area contributed by atoms with Gasteiger partial charge in [0.2, 0.25) is 5.88 Å². The lowest BCUT2D eigenvalue weighted by Crippen LogP contribution is -1.98. The van der Waals surface area contributed by atoms with Crippen LogP contribution < -0.4 is 0 Å². The fraction of sp³-hybridized carbons (Fsp3) is 0.200. The van der Waals surface area contributed by atoms with E-state index in [2.05, 4.69) is 10.2 Å². The Labute approximate surface area is 56.3 Å². The van der Waals surface area contributed by atoms with E-state index in [0.717, 1.165) is 0 Å². The summed E-state index contributed by atoms with van der Waals surface area (Å²) in [5.41, 5.74) is 0.116. The van der Waals surface area contributed by atoms with E-state index >= 15 is 0 Å². The third-order valence-corrected chi connectivity index (χ3v) is 1.19. The Morgan fingerprint density at radius 2 is 2.30 bits per heavy atom. The predicted molar refractivity (Wildman–Crippen MR) is 31.9 cm³/mol. The van der Waals surface area contributed by atoms with Gasteiger partial charge in [0.1, 0.15) is 0 Å². The first-order valence-electron chi connectivity index (χ1n) is 2.60. The molecule has 0 amide bonds. The number of carbonyl (C=O) groups is 1. The number of nitrogens with zero attached hydrogens (tertiary/aromatic N) is 1. The Hall–Kier alpha value is -1.52. The Balaban J connectivity index is 3.17. The third kappa shape index (κ3) is 0.812. The lowest BCUT2D eigenvalue weighted by molar-refractivity contribution is 0.0689. The second kappa shape index (κ2) is 2.02. The molecule has 1 aromatic heterocycles. The number of rotatable bonds is 1. The Morgan fingerprint density at radius 1 is 1.70 bits per heavy atom. The highest BCUT2D eigenvalue weighted by molar-refractivity contribution is 5.87. The van der Waals surface area contributed by atoms with Crippen molar-refractivity contribution in [3.05, 3.63) is 11.3 Å². The smallest absolute Gasteiger partial charge is 0.356 e. The maximum atomic E-state index is 10.2. The molecule has 54 valence electrons. The van der Waals surface area contributed by atoms with Crippen LogP contribution in [0.3, 0.4) is 0 Å². The predicted octanol–water partition coefficient (Wildman–Crippen LogP) is 0.122. The number of hydrogen-bond donors (Lipinski definition) is 3. The highest BCUT2D eigenvalue weighted by Gasteiger charge is 2.13. The van der Waals surface area contributed by atoms with Crippen molar-refractivity contribution >= 4 is 5.97 Å². The number of aromatic nitrogens is 2. The standard InChI is InChI=1S/C5H6N2O3/c1-2-3(5(9)10)6-7-4(2)8/h1H3,(H,9,10)(H2,6,7,8). The Morgan fingerprint density at radius 3 is 2.50 bits per heavy atom. The van der Waals surface area contributed by atoms with Gasteiger partial charge in [-0.15, -0.1) is 0 Å². The van der Waals surface area contributed by atoms with E-state index in [1.54, 1.807) is 0 Å². The molecule has 0 atom stereocenters. The number of H-pyrrole nitrogens is 1. The first-order valence-corrected chi connectivity index (χ1v) is 2.60. The van der Waals surface area contributed by atoms with Gasteiger partial charge in [-0.3, -0.25) is 0 Å². The van der Waals surface area contributed by atoms with Gasteiger partial charge >= 0.3 is 5.97 Å². The average Bonchev–Trinajstić information content (AvgIpc) is 2.14. The summed E-state index contributed by atoms with van der Waals surface area (Å²) < 4.78 is 0. The first kappa shape index (κ1) is 6.60. The van der Waals surface area contributed by atoms with Crippen molar-refractivity contribution in [2.75, 3.05) is 0 Å². The number of aromatic amines is 1. The fourth-order valence-corrected chi connectivity index (χ4v) is 0.597. The summed E-state index contributed by atoms with van der Waals surface area (Å²) in [5, 5.41) is 22.7. The van der Waals surface area contributed by atoms with E-state index < -0.39 is 5.97 Å². The molecule has 1 rings (SSSR count). The van der Waals surface area contributed by atoms with Gasteiger partial charge in [0.25, 0.3) is 0 Å². The third-order valence-electron chi connectivity index (χ3n) is 1.19. The van der Waals surface area contributed by atoms with E-state index in [1.807, 2.05) is 0 Å². The van der Waals surface area contributed by atoms with Gasteiger partial charge in [0, 0.05) is 5.56 Å². The van der Waals surface area contributed by atoms with E-state index in [4.69, 9.17) is 10.2 Å². The monoisotopic (exact) mass is 142 g/mol. The minimum atomic E-state index is -1.14. The van der Waals surface area contributed by atoms with E-state index in [9.17, 15) is 4.79 Å². The molecule has 0 unspecified atom stereocenters. The van der Waals surface area contributed by atoms with Crippen LogP contribution in [0.4, 0.5) is 0 Å². The molecule has 0 aromatic carbocycles. The molecular weight excluding hydrogens is 136 g/mol. The van der Waals surface area contributed by atoms with Crippen LogP contribution in [0.5, 0.6) is 5.88 Å². The number of hydrogen-bond acceptors (Lipinski definition) is 3. The minimum absolute atomic E-state index is 0.141. The average molecular weight is 142 g/mol. The van der Waals surface area contributed by atoms with Crippen molar-refractivity contribution in [1.29, 1.82) is 0 Å².